The maximum atomic E-state index is 12.5. The molecule has 1 fully saturated rings. The van der Waals surface area contributed by atoms with Gasteiger partial charge in [0.05, 0.1) is 12.7 Å². The highest BCUT2D eigenvalue weighted by Gasteiger charge is 2.23. The highest BCUT2D eigenvalue weighted by Crippen LogP contribution is 2.15. The van der Waals surface area contributed by atoms with Crippen LogP contribution in [0.15, 0.2) is 54.6 Å². The predicted octanol–water partition coefficient (Wildman–Crippen LogP) is 3.06. The second-order valence-corrected chi connectivity index (χ2v) is 7.01. The number of anilines is 1. The van der Waals surface area contributed by atoms with Gasteiger partial charge in [0.25, 0.3) is 5.91 Å². The van der Waals surface area contributed by atoms with Gasteiger partial charge in [-0.3, -0.25) is 4.79 Å². The van der Waals surface area contributed by atoms with Crippen LogP contribution < -0.4 is 10.6 Å². The number of carbonyl (C=O) groups excluding carboxylic acids is 2. The Hall–Kier alpha value is -2.93. The van der Waals surface area contributed by atoms with Gasteiger partial charge < -0.3 is 20.3 Å². The smallest absolute Gasteiger partial charge is 0.337 e. The highest BCUT2D eigenvalue weighted by molar-refractivity contribution is 7.80. The molecule has 1 amide bonds. The fourth-order valence-corrected chi connectivity index (χ4v) is 3.43. The molecule has 2 N–H and O–H groups in total. The van der Waals surface area contributed by atoms with Gasteiger partial charge in [0, 0.05) is 30.4 Å². The summed E-state index contributed by atoms with van der Waals surface area (Å²) in [5, 5.41) is 6.95. The molecule has 0 aromatic heterocycles. The number of hydrogen-bond donors (Lipinski definition) is 2. The number of carbonyl (C=O) groups is 2. The molecule has 146 valence electrons. The molecule has 0 spiro atoms. The van der Waals surface area contributed by atoms with E-state index in [1.807, 2.05) is 35.2 Å². The average Bonchev–Trinajstić information content (AvgIpc) is 2.74. The summed E-state index contributed by atoms with van der Waals surface area (Å²) in [5.74, 6) is -0.297. The quantitative estimate of drug-likeness (QED) is 0.610. The zero-order valence-electron chi connectivity index (χ0n) is 15.7. The van der Waals surface area contributed by atoms with E-state index in [1.54, 1.807) is 24.3 Å². The Morgan fingerprint density at radius 1 is 1.00 bits per heavy atom. The number of benzene rings is 2. The molecule has 2 aromatic carbocycles. The van der Waals surface area contributed by atoms with Crippen LogP contribution in [0.3, 0.4) is 0 Å². The van der Waals surface area contributed by atoms with E-state index in [0.29, 0.717) is 23.8 Å². The van der Waals surface area contributed by atoms with E-state index in [4.69, 9.17) is 12.2 Å². The van der Waals surface area contributed by atoms with Crippen molar-refractivity contribution in [3.05, 3.63) is 65.7 Å². The van der Waals surface area contributed by atoms with E-state index in [2.05, 4.69) is 15.4 Å². The van der Waals surface area contributed by atoms with Gasteiger partial charge in [-0.05, 0) is 61.5 Å². The van der Waals surface area contributed by atoms with Crippen molar-refractivity contribution < 1.29 is 14.3 Å². The molecule has 0 saturated carbocycles. The molecule has 6 nitrogen and oxygen atoms in total. The van der Waals surface area contributed by atoms with E-state index in [1.165, 1.54) is 7.11 Å². The molecule has 0 bridgehead atoms. The molecule has 1 heterocycles. The van der Waals surface area contributed by atoms with Crippen LogP contribution in [0.2, 0.25) is 0 Å². The van der Waals surface area contributed by atoms with Crippen molar-refractivity contribution in [2.45, 2.75) is 18.9 Å². The molecule has 1 aliphatic heterocycles. The van der Waals surface area contributed by atoms with E-state index in [0.717, 1.165) is 24.1 Å². The summed E-state index contributed by atoms with van der Waals surface area (Å²) < 4.78 is 4.69. The number of nitrogens with zero attached hydrogens (tertiary/aromatic N) is 1. The van der Waals surface area contributed by atoms with E-state index >= 15 is 0 Å². The fraction of sp³-hybridized carbons (Fsp3) is 0.286. The van der Waals surface area contributed by atoms with Crippen LogP contribution in [-0.2, 0) is 4.74 Å². The molecule has 0 atom stereocenters. The third kappa shape index (κ3) is 5.07. The van der Waals surface area contributed by atoms with E-state index in [9.17, 15) is 9.59 Å². The molecule has 3 rings (SSSR count). The minimum absolute atomic E-state index is 0.0745. The lowest BCUT2D eigenvalue weighted by atomic mass is 10.0. The molecular formula is C21H23N3O3S. The van der Waals surface area contributed by atoms with Crippen LogP contribution in [-0.4, -0.2) is 48.1 Å². The van der Waals surface area contributed by atoms with Crippen molar-refractivity contribution in [2.75, 3.05) is 25.5 Å². The number of hydrogen-bond acceptors (Lipinski definition) is 4. The molecule has 0 radical (unpaired) electrons. The van der Waals surface area contributed by atoms with Gasteiger partial charge in [-0.2, -0.15) is 0 Å². The van der Waals surface area contributed by atoms with Crippen LogP contribution >= 0.6 is 12.2 Å². The minimum Gasteiger partial charge on any atom is -0.465 e. The first-order valence-electron chi connectivity index (χ1n) is 9.17. The molecule has 0 aliphatic carbocycles. The third-order valence-corrected chi connectivity index (χ3v) is 4.92. The first-order valence-corrected chi connectivity index (χ1v) is 9.58. The number of rotatable bonds is 4. The molecule has 1 aliphatic rings. The molecular weight excluding hydrogens is 374 g/mol. The third-order valence-electron chi connectivity index (χ3n) is 4.70. The van der Waals surface area contributed by atoms with Crippen molar-refractivity contribution in [2.24, 2.45) is 0 Å². The van der Waals surface area contributed by atoms with Gasteiger partial charge in [0.2, 0.25) is 0 Å². The Kier molecular flexibility index (Phi) is 6.60. The van der Waals surface area contributed by atoms with Crippen LogP contribution in [0.25, 0.3) is 0 Å². The van der Waals surface area contributed by atoms with Crippen LogP contribution in [0.5, 0.6) is 0 Å². The van der Waals surface area contributed by atoms with Gasteiger partial charge in [0.15, 0.2) is 5.11 Å². The maximum absolute atomic E-state index is 12.5. The lowest BCUT2D eigenvalue weighted by molar-refractivity contribution is 0.0600. The van der Waals surface area contributed by atoms with Gasteiger partial charge in [-0.1, -0.05) is 18.2 Å². The van der Waals surface area contributed by atoms with Crippen molar-refractivity contribution in [1.82, 2.24) is 10.2 Å². The number of likely N-dealkylation sites (tertiary alicyclic amines) is 1. The Morgan fingerprint density at radius 2 is 1.64 bits per heavy atom. The topological polar surface area (TPSA) is 70.7 Å². The average molecular weight is 398 g/mol. The number of nitrogens with one attached hydrogen (secondary N) is 2. The lowest BCUT2D eigenvalue weighted by Crippen LogP contribution is -2.47. The largest absolute Gasteiger partial charge is 0.465 e. The molecule has 1 saturated heterocycles. The molecule has 7 heteroatoms. The van der Waals surface area contributed by atoms with E-state index < -0.39 is 0 Å². The number of piperidine rings is 1. The van der Waals surface area contributed by atoms with Gasteiger partial charge >= 0.3 is 5.97 Å². The summed E-state index contributed by atoms with van der Waals surface area (Å²) in [6.07, 6.45) is 1.67. The number of thiocarbonyl (C=S) groups is 1. The first kappa shape index (κ1) is 19.8. The number of amides is 1. The zero-order valence-corrected chi connectivity index (χ0v) is 16.5. The zero-order chi connectivity index (χ0) is 19.9. The van der Waals surface area contributed by atoms with E-state index in [-0.39, 0.29) is 17.9 Å². The van der Waals surface area contributed by atoms with Crippen LogP contribution in [0.1, 0.15) is 33.6 Å². The normalized spacial score (nSPS) is 14.2. The van der Waals surface area contributed by atoms with Crippen LogP contribution in [0.4, 0.5) is 5.69 Å². The Morgan fingerprint density at radius 3 is 2.25 bits per heavy atom. The monoisotopic (exact) mass is 397 g/mol. The van der Waals surface area contributed by atoms with Gasteiger partial charge in [0.1, 0.15) is 0 Å². The van der Waals surface area contributed by atoms with Crippen molar-refractivity contribution >= 4 is 34.9 Å². The molecule has 0 unspecified atom stereocenters. The van der Waals surface area contributed by atoms with Crippen molar-refractivity contribution in [3.8, 4) is 0 Å². The summed E-state index contributed by atoms with van der Waals surface area (Å²) >= 11 is 5.39. The highest BCUT2D eigenvalue weighted by atomic mass is 32.1. The summed E-state index contributed by atoms with van der Waals surface area (Å²) in [7, 11) is 1.35. The summed E-state index contributed by atoms with van der Waals surface area (Å²) in [5.41, 5.74) is 2.01. The Bertz CT molecular complexity index is 832. The number of ether oxygens (including phenoxy) is 1. The molecule has 2 aromatic rings. The lowest BCUT2D eigenvalue weighted by Gasteiger charge is -2.33. The van der Waals surface area contributed by atoms with Gasteiger partial charge in [-0.15, -0.1) is 0 Å². The van der Waals surface area contributed by atoms with Crippen molar-refractivity contribution in [1.29, 1.82) is 0 Å². The number of esters is 1. The standard InChI is InChI=1S/C21H23N3O3S/c1-27-20(26)16-7-9-17(10-8-16)22-21(28)23-18-11-13-24(14-12-18)19(25)15-5-3-2-4-6-15/h2-10,18H,11-14H2,1H3,(H2,22,23,28). The number of methoxy groups -OCH3 is 1. The Labute approximate surface area is 169 Å². The fourth-order valence-electron chi connectivity index (χ4n) is 3.15. The summed E-state index contributed by atoms with van der Waals surface area (Å²) in [6, 6.07) is 16.5. The SMILES string of the molecule is COC(=O)c1ccc(NC(=S)NC2CCN(C(=O)c3ccccc3)CC2)cc1. The minimum atomic E-state index is -0.371. The first-order chi connectivity index (χ1) is 13.6. The summed E-state index contributed by atoms with van der Waals surface area (Å²) in [6.45, 7) is 1.39. The summed E-state index contributed by atoms with van der Waals surface area (Å²) in [4.78, 5) is 25.9. The van der Waals surface area contributed by atoms with Crippen LogP contribution in [0, 0.1) is 0 Å². The second-order valence-electron chi connectivity index (χ2n) is 6.60. The second kappa shape index (κ2) is 9.32. The maximum Gasteiger partial charge on any atom is 0.337 e. The van der Waals surface area contributed by atoms with Crippen molar-refractivity contribution in [3.63, 3.8) is 0 Å². The predicted molar refractivity (Wildman–Crippen MR) is 113 cm³/mol. The van der Waals surface area contributed by atoms with Gasteiger partial charge in [-0.25, -0.2) is 4.79 Å². The molecule has 28 heavy (non-hydrogen) atoms. The Balaban J connectivity index is 1.46.